The van der Waals surface area contributed by atoms with E-state index in [9.17, 15) is 9.59 Å². The third-order valence-electron chi connectivity index (χ3n) is 13.1. The molecule has 0 bridgehead atoms. The third-order valence-corrected chi connectivity index (χ3v) is 13.1. The summed E-state index contributed by atoms with van der Waals surface area (Å²) in [5, 5.41) is 3.38. The van der Waals surface area contributed by atoms with Crippen LogP contribution in [0.5, 0.6) is 0 Å². The van der Waals surface area contributed by atoms with Gasteiger partial charge in [0.2, 0.25) is 5.91 Å². The van der Waals surface area contributed by atoms with Crippen LogP contribution in [-0.2, 0) is 20.9 Å². The number of benzene rings is 1. The van der Waals surface area contributed by atoms with Gasteiger partial charge in [0.1, 0.15) is 6.10 Å². The van der Waals surface area contributed by atoms with E-state index < -0.39 is 0 Å². The van der Waals surface area contributed by atoms with Crippen molar-refractivity contribution < 1.29 is 14.3 Å². The summed E-state index contributed by atoms with van der Waals surface area (Å²) in [5.41, 5.74) is 1.76. The second-order valence-electron chi connectivity index (χ2n) is 14.9. The summed E-state index contributed by atoms with van der Waals surface area (Å²) < 4.78 is 5.80. The van der Waals surface area contributed by atoms with Crippen molar-refractivity contribution in [1.29, 1.82) is 0 Å². The standard InChI is InChI=1S/C34H49NO3.C3H6/c1-22-26-14-18-33(4)27-15-20-34(31(37)35-21-24-9-6-5-7-10-24)17-8-11-28(34)25(27)12-13-30(33)32(26,3)19-16-29(22)38-23(2)36;1-3-2/h5-7,9-10,22,25-30H,8,11-21H2,1-4H3,(H,35,37);3H,1H2,2H3/t22?,25?,26?,27?,28?,29-,30?,32?,33?,34?;/m0./s1. The normalized spacial score (nSPS) is 42.6. The maximum atomic E-state index is 13.8. The van der Waals surface area contributed by atoms with Gasteiger partial charge in [-0.15, -0.1) is 6.58 Å². The van der Waals surface area contributed by atoms with Gasteiger partial charge in [0.15, 0.2) is 0 Å². The number of allylic oxidation sites excluding steroid dienone is 1. The van der Waals surface area contributed by atoms with Crippen LogP contribution in [-0.4, -0.2) is 18.0 Å². The summed E-state index contributed by atoms with van der Waals surface area (Å²) in [6.45, 7) is 15.1. The van der Waals surface area contributed by atoms with Crippen LogP contribution < -0.4 is 5.32 Å². The Kier molecular flexibility index (Phi) is 8.80. The molecule has 0 radical (unpaired) electrons. The largest absolute Gasteiger partial charge is 0.462 e. The second-order valence-corrected chi connectivity index (χ2v) is 14.9. The molecule has 0 aliphatic heterocycles. The molecule has 1 aromatic carbocycles. The Balaban J connectivity index is 0.00000108. The monoisotopic (exact) mass is 561 g/mol. The molecule has 5 aliphatic rings. The van der Waals surface area contributed by atoms with Crippen molar-refractivity contribution in [2.24, 2.45) is 51.8 Å². The van der Waals surface area contributed by atoms with Gasteiger partial charge >= 0.3 is 5.97 Å². The van der Waals surface area contributed by atoms with Gasteiger partial charge in [-0.05, 0) is 123 Å². The van der Waals surface area contributed by atoms with Crippen molar-refractivity contribution >= 4 is 11.9 Å². The highest BCUT2D eigenvalue weighted by atomic mass is 16.5. The molecule has 6 rings (SSSR count). The molecule has 5 saturated carbocycles. The summed E-state index contributed by atoms with van der Waals surface area (Å²) in [6.07, 6.45) is 15.0. The zero-order valence-corrected chi connectivity index (χ0v) is 26.4. The molecular formula is C37H55NO3. The lowest BCUT2D eigenvalue weighted by Gasteiger charge is -2.67. The van der Waals surface area contributed by atoms with E-state index in [-0.39, 0.29) is 17.5 Å². The molecule has 1 amide bonds. The van der Waals surface area contributed by atoms with Gasteiger partial charge in [-0.25, -0.2) is 0 Å². The van der Waals surface area contributed by atoms with Crippen molar-refractivity contribution in [3.8, 4) is 0 Å². The summed E-state index contributed by atoms with van der Waals surface area (Å²) in [6, 6.07) is 10.4. The molecule has 5 aliphatic carbocycles. The average Bonchev–Trinajstić information content (AvgIpc) is 3.40. The van der Waals surface area contributed by atoms with Crippen LogP contribution in [0.25, 0.3) is 0 Å². The predicted molar refractivity (Wildman–Crippen MR) is 166 cm³/mol. The fourth-order valence-corrected chi connectivity index (χ4v) is 11.5. The smallest absolute Gasteiger partial charge is 0.302 e. The van der Waals surface area contributed by atoms with E-state index in [4.69, 9.17) is 4.74 Å². The molecule has 0 aromatic heterocycles. The van der Waals surface area contributed by atoms with E-state index >= 15 is 0 Å². The minimum absolute atomic E-state index is 0.0921. The Morgan fingerprint density at radius 3 is 2.29 bits per heavy atom. The van der Waals surface area contributed by atoms with E-state index in [1.807, 2.05) is 13.0 Å². The SMILES string of the molecule is C=CC.CC(=O)O[C@H]1CCC2(C)C(CCC3(C)C4CCC5(C(=O)NCc6ccccc6)CCCC5C4CCC32)C1C. The van der Waals surface area contributed by atoms with Crippen LogP contribution in [0.3, 0.4) is 0 Å². The summed E-state index contributed by atoms with van der Waals surface area (Å²) in [4.78, 5) is 25.6. The lowest BCUT2D eigenvalue weighted by atomic mass is 9.37. The Hall–Kier alpha value is -2.10. The number of fused-ring (bicyclic) bond motifs is 7. The van der Waals surface area contributed by atoms with Crippen LogP contribution >= 0.6 is 0 Å². The van der Waals surface area contributed by atoms with Gasteiger partial charge in [0.25, 0.3) is 0 Å². The first-order valence-electron chi connectivity index (χ1n) is 16.7. The number of hydrogen-bond donors (Lipinski definition) is 1. The van der Waals surface area contributed by atoms with Gasteiger partial charge in [0, 0.05) is 13.5 Å². The Morgan fingerprint density at radius 2 is 1.59 bits per heavy atom. The summed E-state index contributed by atoms with van der Waals surface area (Å²) in [7, 11) is 0. The fraction of sp³-hybridized carbons (Fsp3) is 0.730. The molecule has 41 heavy (non-hydrogen) atoms. The number of esters is 1. The second kappa shape index (κ2) is 11.9. The number of ether oxygens (including phenoxy) is 1. The highest BCUT2D eigenvalue weighted by Crippen LogP contribution is 2.71. The van der Waals surface area contributed by atoms with E-state index in [1.165, 1.54) is 56.9 Å². The quantitative estimate of drug-likeness (QED) is 0.296. The van der Waals surface area contributed by atoms with Crippen molar-refractivity contribution in [2.75, 3.05) is 0 Å². The van der Waals surface area contributed by atoms with E-state index in [0.29, 0.717) is 47.0 Å². The molecule has 5 fully saturated rings. The molecule has 0 saturated heterocycles. The predicted octanol–water partition coefficient (Wildman–Crippen LogP) is 8.50. The van der Waals surface area contributed by atoms with Gasteiger partial charge in [0.05, 0.1) is 5.41 Å². The van der Waals surface area contributed by atoms with Crippen LogP contribution in [0, 0.1) is 51.8 Å². The van der Waals surface area contributed by atoms with Crippen LogP contribution in [0.15, 0.2) is 43.0 Å². The number of rotatable bonds is 4. The zero-order valence-electron chi connectivity index (χ0n) is 26.4. The van der Waals surface area contributed by atoms with E-state index in [1.54, 1.807) is 13.0 Å². The molecule has 10 atom stereocenters. The minimum atomic E-state index is -0.142. The average molecular weight is 562 g/mol. The van der Waals surface area contributed by atoms with Gasteiger partial charge in [-0.1, -0.05) is 63.6 Å². The molecule has 1 aromatic rings. The maximum absolute atomic E-state index is 13.8. The molecule has 4 heteroatoms. The van der Waals surface area contributed by atoms with Crippen LogP contribution in [0.2, 0.25) is 0 Å². The first-order valence-corrected chi connectivity index (χ1v) is 16.7. The fourth-order valence-electron chi connectivity index (χ4n) is 11.5. The molecule has 0 heterocycles. The molecular weight excluding hydrogens is 506 g/mol. The number of carbonyl (C=O) groups excluding carboxylic acids is 2. The topological polar surface area (TPSA) is 55.4 Å². The Labute approximate surface area is 249 Å². The Morgan fingerprint density at radius 1 is 0.927 bits per heavy atom. The maximum Gasteiger partial charge on any atom is 0.302 e. The first-order chi connectivity index (χ1) is 19.6. The van der Waals surface area contributed by atoms with Crippen molar-refractivity contribution in [2.45, 2.75) is 118 Å². The van der Waals surface area contributed by atoms with E-state index in [0.717, 1.165) is 31.1 Å². The van der Waals surface area contributed by atoms with Crippen LogP contribution in [0.1, 0.15) is 111 Å². The number of amides is 1. The van der Waals surface area contributed by atoms with Gasteiger partial charge < -0.3 is 10.1 Å². The van der Waals surface area contributed by atoms with Crippen LogP contribution in [0.4, 0.5) is 0 Å². The summed E-state index contributed by atoms with van der Waals surface area (Å²) in [5.74, 6) is 4.05. The Bertz CT molecular complexity index is 1100. The highest BCUT2D eigenvalue weighted by molar-refractivity contribution is 5.83. The molecule has 9 unspecified atom stereocenters. The van der Waals surface area contributed by atoms with Gasteiger partial charge in [-0.3, -0.25) is 9.59 Å². The van der Waals surface area contributed by atoms with Crippen molar-refractivity contribution in [1.82, 2.24) is 5.32 Å². The lowest BCUT2D eigenvalue weighted by Crippen LogP contribution is -2.62. The zero-order chi connectivity index (χ0) is 29.4. The van der Waals surface area contributed by atoms with Crippen molar-refractivity contribution in [3.05, 3.63) is 48.6 Å². The number of nitrogens with one attached hydrogen (secondary N) is 1. The van der Waals surface area contributed by atoms with E-state index in [2.05, 4.69) is 56.9 Å². The molecule has 1 N–H and O–H groups in total. The van der Waals surface area contributed by atoms with Gasteiger partial charge in [-0.2, -0.15) is 0 Å². The molecule has 226 valence electrons. The number of carbonyl (C=O) groups is 2. The lowest BCUT2D eigenvalue weighted by molar-refractivity contribution is -0.201. The molecule has 4 nitrogen and oxygen atoms in total. The first kappa shape index (κ1) is 30.4. The third kappa shape index (κ3) is 5.20. The summed E-state index contributed by atoms with van der Waals surface area (Å²) >= 11 is 0. The highest BCUT2D eigenvalue weighted by Gasteiger charge is 2.65. The minimum Gasteiger partial charge on any atom is -0.462 e. The van der Waals surface area contributed by atoms with Crippen molar-refractivity contribution in [3.63, 3.8) is 0 Å². The number of hydrogen-bond acceptors (Lipinski definition) is 3. The molecule has 0 spiro atoms.